The first-order valence-electron chi connectivity index (χ1n) is 9.28. The summed E-state index contributed by atoms with van der Waals surface area (Å²) in [6, 6.07) is 14.5. The highest BCUT2D eigenvalue weighted by Gasteiger charge is 2.20. The molecule has 3 rings (SSSR count). The fourth-order valence-corrected chi connectivity index (χ4v) is 2.92. The summed E-state index contributed by atoms with van der Waals surface area (Å²) in [5.41, 5.74) is 0.921. The van der Waals surface area contributed by atoms with E-state index in [-0.39, 0.29) is 25.0 Å². The molecule has 1 heterocycles. The Morgan fingerprint density at radius 3 is 2.14 bits per heavy atom. The molecule has 1 atom stereocenters. The number of carbonyl (C=O) groups is 1. The Kier molecular flexibility index (Phi) is 6.73. The number of aryl methyl sites for hydroxylation is 1. The molecule has 0 saturated carbocycles. The summed E-state index contributed by atoms with van der Waals surface area (Å²) in [6.45, 7) is 0.272. The fraction of sp³-hybridized carbons (Fsp3) is 0.273. The Hall–Kier alpha value is -3.48. The van der Waals surface area contributed by atoms with Crippen molar-refractivity contribution < 1.29 is 19.0 Å². The third-order valence-electron chi connectivity index (χ3n) is 4.53. The van der Waals surface area contributed by atoms with Gasteiger partial charge < -0.3 is 24.1 Å². The maximum Gasteiger partial charge on any atom is 0.224 e. The van der Waals surface area contributed by atoms with Gasteiger partial charge in [0.15, 0.2) is 0 Å². The number of aromatic nitrogens is 2. The highest BCUT2D eigenvalue weighted by molar-refractivity contribution is 5.77. The lowest BCUT2D eigenvalue weighted by Crippen LogP contribution is -2.32. The Bertz CT molecular complexity index is 920. The van der Waals surface area contributed by atoms with Crippen molar-refractivity contribution in [2.24, 2.45) is 7.05 Å². The van der Waals surface area contributed by atoms with Gasteiger partial charge in [-0.2, -0.15) is 0 Å². The van der Waals surface area contributed by atoms with Gasteiger partial charge in [0.2, 0.25) is 5.91 Å². The van der Waals surface area contributed by atoms with Crippen LogP contribution >= 0.6 is 0 Å². The second kappa shape index (κ2) is 9.64. The van der Waals surface area contributed by atoms with E-state index in [1.165, 1.54) is 0 Å². The zero-order valence-electron chi connectivity index (χ0n) is 16.8. The zero-order valence-corrected chi connectivity index (χ0v) is 16.8. The summed E-state index contributed by atoms with van der Waals surface area (Å²) >= 11 is 0. The minimum atomic E-state index is -0.366. The number of hydrogen-bond acceptors (Lipinski definition) is 5. The molecule has 0 spiro atoms. The van der Waals surface area contributed by atoms with Crippen LogP contribution in [0.1, 0.15) is 23.9 Å². The number of carbonyl (C=O) groups excluding carboxylic acids is 1. The smallest absolute Gasteiger partial charge is 0.224 e. The van der Waals surface area contributed by atoms with Crippen molar-refractivity contribution in [1.29, 1.82) is 0 Å². The average molecular weight is 395 g/mol. The minimum absolute atomic E-state index is 0.123. The van der Waals surface area contributed by atoms with Gasteiger partial charge in [-0.25, -0.2) is 4.98 Å². The van der Waals surface area contributed by atoms with Crippen LogP contribution in [0.4, 0.5) is 0 Å². The highest BCUT2D eigenvalue weighted by Crippen LogP contribution is 2.23. The molecule has 1 unspecified atom stereocenters. The summed E-state index contributed by atoms with van der Waals surface area (Å²) in [5, 5.41) is 3.06. The quantitative estimate of drug-likeness (QED) is 0.603. The minimum Gasteiger partial charge on any atom is -0.497 e. The Morgan fingerprint density at radius 2 is 1.59 bits per heavy atom. The molecule has 0 bridgehead atoms. The molecular weight excluding hydrogens is 370 g/mol. The largest absolute Gasteiger partial charge is 0.497 e. The van der Waals surface area contributed by atoms with Gasteiger partial charge in [0.25, 0.3) is 0 Å². The molecule has 0 aliphatic heterocycles. The van der Waals surface area contributed by atoms with Gasteiger partial charge in [-0.3, -0.25) is 4.79 Å². The predicted molar refractivity (Wildman–Crippen MR) is 109 cm³/mol. The van der Waals surface area contributed by atoms with Gasteiger partial charge >= 0.3 is 0 Å². The number of nitrogens with one attached hydrogen (secondary N) is 1. The van der Waals surface area contributed by atoms with Crippen LogP contribution in [0.25, 0.3) is 0 Å². The summed E-state index contributed by atoms with van der Waals surface area (Å²) < 4.78 is 17.9. The van der Waals surface area contributed by atoms with Crippen LogP contribution in [-0.2, 0) is 11.8 Å². The Labute approximate surface area is 170 Å². The Morgan fingerprint density at radius 1 is 1.00 bits per heavy atom. The molecule has 0 aliphatic carbocycles. The first-order valence-corrected chi connectivity index (χ1v) is 9.28. The number of methoxy groups -OCH3 is 2. The molecule has 29 heavy (non-hydrogen) atoms. The van der Waals surface area contributed by atoms with Crippen LogP contribution < -0.4 is 19.5 Å². The molecule has 0 aliphatic rings. The monoisotopic (exact) mass is 395 g/mol. The lowest BCUT2D eigenvalue weighted by atomic mass is 10.1. The molecule has 1 amide bonds. The number of imidazole rings is 1. The lowest BCUT2D eigenvalue weighted by Gasteiger charge is -2.19. The van der Waals surface area contributed by atoms with E-state index in [0.717, 1.165) is 22.9 Å². The molecule has 1 N–H and O–H groups in total. The first-order chi connectivity index (χ1) is 14.1. The van der Waals surface area contributed by atoms with Gasteiger partial charge in [-0.05, 0) is 42.0 Å². The number of ether oxygens (including phenoxy) is 3. The predicted octanol–water partition coefficient (Wildman–Crippen LogP) is 3.11. The fourth-order valence-electron chi connectivity index (χ4n) is 2.92. The van der Waals surface area contributed by atoms with Crippen molar-refractivity contribution in [3.8, 4) is 17.2 Å². The lowest BCUT2D eigenvalue weighted by molar-refractivity contribution is -0.122. The molecule has 7 heteroatoms. The van der Waals surface area contributed by atoms with Crippen LogP contribution in [0.15, 0.2) is 60.9 Å². The van der Waals surface area contributed by atoms with Crippen LogP contribution in [0.5, 0.6) is 17.2 Å². The third-order valence-corrected chi connectivity index (χ3v) is 4.53. The van der Waals surface area contributed by atoms with E-state index in [4.69, 9.17) is 14.2 Å². The summed E-state index contributed by atoms with van der Waals surface area (Å²) in [5.74, 6) is 2.83. The maximum absolute atomic E-state index is 12.6. The van der Waals surface area contributed by atoms with Crippen molar-refractivity contribution in [2.75, 3.05) is 20.8 Å². The van der Waals surface area contributed by atoms with E-state index in [0.29, 0.717) is 5.75 Å². The SMILES string of the molecule is COc1ccc(OCCC(=O)NC(c2ccc(OC)cc2)c2nccn2C)cc1. The first kappa shape index (κ1) is 20.3. The van der Waals surface area contributed by atoms with E-state index in [1.807, 2.05) is 66.3 Å². The summed E-state index contributed by atoms with van der Waals surface area (Å²) in [7, 11) is 5.13. The van der Waals surface area contributed by atoms with Gasteiger partial charge in [0.05, 0.1) is 27.2 Å². The van der Waals surface area contributed by atoms with Crippen molar-refractivity contribution in [3.63, 3.8) is 0 Å². The van der Waals surface area contributed by atoms with E-state index in [1.54, 1.807) is 20.4 Å². The van der Waals surface area contributed by atoms with Gasteiger partial charge in [-0.15, -0.1) is 0 Å². The molecule has 1 aromatic heterocycles. The topological polar surface area (TPSA) is 74.6 Å². The van der Waals surface area contributed by atoms with E-state index < -0.39 is 0 Å². The highest BCUT2D eigenvalue weighted by atomic mass is 16.5. The van der Waals surface area contributed by atoms with Crippen LogP contribution in [-0.4, -0.2) is 36.3 Å². The third kappa shape index (κ3) is 5.28. The molecule has 2 aromatic carbocycles. The van der Waals surface area contributed by atoms with Crippen molar-refractivity contribution in [3.05, 3.63) is 72.3 Å². The molecule has 0 radical (unpaired) electrons. The number of nitrogens with zero attached hydrogens (tertiary/aromatic N) is 2. The van der Waals surface area contributed by atoms with Crippen molar-refractivity contribution >= 4 is 5.91 Å². The van der Waals surface area contributed by atoms with Crippen LogP contribution in [0.3, 0.4) is 0 Å². The molecular formula is C22H25N3O4. The Balaban J connectivity index is 1.63. The average Bonchev–Trinajstić information content (AvgIpc) is 3.18. The van der Waals surface area contributed by atoms with Gasteiger partial charge in [-0.1, -0.05) is 12.1 Å². The summed E-state index contributed by atoms with van der Waals surface area (Å²) in [4.78, 5) is 17.0. The molecule has 7 nitrogen and oxygen atoms in total. The number of benzene rings is 2. The zero-order chi connectivity index (χ0) is 20.6. The number of hydrogen-bond donors (Lipinski definition) is 1. The second-order valence-electron chi connectivity index (χ2n) is 6.44. The van der Waals surface area contributed by atoms with Gasteiger partial charge in [0.1, 0.15) is 29.1 Å². The molecule has 0 fully saturated rings. The van der Waals surface area contributed by atoms with E-state index in [2.05, 4.69) is 10.3 Å². The standard InChI is InChI=1S/C22H25N3O4/c1-25-14-13-23-22(25)21(16-4-6-17(27-2)7-5-16)24-20(26)12-15-29-19-10-8-18(28-3)9-11-19/h4-11,13-14,21H,12,15H2,1-3H3,(H,24,26). The van der Waals surface area contributed by atoms with Crippen LogP contribution in [0.2, 0.25) is 0 Å². The molecule has 0 saturated heterocycles. The van der Waals surface area contributed by atoms with E-state index >= 15 is 0 Å². The van der Waals surface area contributed by atoms with Crippen molar-refractivity contribution in [2.45, 2.75) is 12.5 Å². The summed E-state index contributed by atoms with van der Waals surface area (Å²) in [6.07, 6.45) is 3.79. The molecule has 152 valence electrons. The van der Waals surface area contributed by atoms with Crippen LogP contribution in [0, 0.1) is 0 Å². The van der Waals surface area contributed by atoms with Crippen molar-refractivity contribution in [1.82, 2.24) is 14.9 Å². The number of amides is 1. The molecule has 3 aromatic rings. The maximum atomic E-state index is 12.6. The van der Waals surface area contributed by atoms with Gasteiger partial charge in [0, 0.05) is 19.4 Å². The second-order valence-corrected chi connectivity index (χ2v) is 6.44. The normalized spacial score (nSPS) is 11.6. The van der Waals surface area contributed by atoms with E-state index in [9.17, 15) is 4.79 Å². The number of rotatable bonds is 9.